The molecule has 0 saturated carbocycles. The van der Waals surface area contributed by atoms with Gasteiger partial charge >= 0.3 is 0 Å². The Morgan fingerprint density at radius 3 is 2.77 bits per heavy atom. The van der Waals surface area contributed by atoms with E-state index >= 15 is 0 Å². The minimum absolute atomic E-state index is 0.151. The molecule has 3 aromatic rings. The zero-order valence-corrected chi connectivity index (χ0v) is 21.3. The fourth-order valence-electron chi connectivity index (χ4n) is 4.92. The lowest BCUT2D eigenvalue weighted by Gasteiger charge is -2.30. The summed E-state index contributed by atoms with van der Waals surface area (Å²) in [6.07, 6.45) is 7.38. The molecule has 0 aliphatic carbocycles. The van der Waals surface area contributed by atoms with E-state index in [1.165, 1.54) is 0 Å². The predicted molar refractivity (Wildman–Crippen MR) is 141 cm³/mol. The quantitative estimate of drug-likeness (QED) is 0.465. The number of pyridine rings is 1. The second-order valence-electron chi connectivity index (χ2n) is 9.09. The predicted octanol–water partition coefficient (Wildman–Crippen LogP) is 3.92. The van der Waals surface area contributed by atoms with Gasteiger partial charge in [0, 0.05) is 36.9 Å². The lowest BCUT2D eigenvalue weighted by Crippen LogP contribution is -2.31. The minimum Gasteiger partial charge on any atom is -0.376 e. The maximum atomic E-state index is 11.8. The van der Waals surface area contributed by atoms with Gasteiger partial charge in [0.1, 0.15) is 6.04 Å². The summed E-state index contributed by atoms with van der Waals surface area (Å²) in [4.78, 5) is 6.73. The monoisotopic (exact) mass is 511 g/mol. The van der Waals surface area contributed by atoms with E-state index in [4.69, 9.17) is 17.0 Å². The Balaban J connectivity index is 1.56. The first-order chi connectivity index (χ1) is 16.8. The van der Waals surface area contributed by atoms with E-state index < -0.39 is 10.0 Å². The molecular formula is C25H29N5O3S2. The molecule has 2 fully saturated rings. The second kappa shape index (κ2) is 9.60. The van der Waals surface area contributed by atoms with Gasteiger partial charge in [0.15, 0.2) is 5.11 Å². The van der Waals surface area contributed by atoms with Crippen LogP contribution in [0.1, 0.15) is 41.9 Å². The molecule has 0 amide bonds. The zero-order valence-electron chi connectivity index (χ0n) is 19.7. The van der Waals surface area contributed by atoms with Gasteiger partial charge in [-0.15, -0.1) is 0 Å². The maximum absolute atomic E-state index is 11.8. The van der Waals surface area contributed by atoms with Crippen LogP contribution >= 0.6 is 12.2 Å². The molecule has 4 heterocycles. The smallest absolute Gasteiger partial charge is 0.229 e. The van der Waals surface area contributed by atoms with Gasteiger partial charge in [-0.1, -0.05) is 6.07 Å². The summed E-state index contributed by atoms with van der Waals surface area (Å²) in [6, 6.07) is 15.4. The average molecular weight is 512 g/mol. The van der Waals surface area contributed by atoms with Gasteiger partial charge in [0.25, 0.3) is 0 Å². The Labute approximate surface area is 211 Å². The highest BCUT2D eigenvalue weighted by atomic mass is 32.2. The number of hydrogen-bond donors (Lipinski definition) is 2. The van der Waals surface area contributed by atoms with Crippen molar-refractivity contribution < 1.29 is 13.2 Å². The molecule has 5 rings (SSSR count). The number of nitrogens with zero attached hydrogens (tertiary/aromatic N) is 3. The van der Waals surface area contributed by atoms with Crippen molar-refractivity contribution in [3.8, 4) is 0 Å². The van der Waals surface area contributed by atoms with Gasteiger partial charge in [0.2, 0.25) is 10.0 Å². The Bertz CT molecular complexity index is 1320. The fourth-order valence-corrected chi connectivity index (χ4v) is 5.89. The lowest BCUT2D eigenvalue weighted by molar-refractivity contribution is 0.0961. The first-order valence-corrected chi connectivity index (χ1v) is 14.0. The summed E-state index contributed by atoms with van der Waals surface area (Å²) in [7, 11) is -3.38. The van der Waals surface area contributed by atoms with Crippen molar-refractivity contribution in [3.05, 3.63) is 77.9 Å². The molecule has 2 saturated heterocycles. The molecule has 3 atom stereocenters. The van der Waals surface area contributed by atoms with Crippen LogP contribution in [0.25, 0.3) is 0 Å². The SMILES string of the molecule is Cc1cc(N2C(=S)N[C@H](c3ccccn3)[C@@H]2c2cccn2C[C@H]2CCCO2)ccc1NS(C)(=O)=O. The lowest BCUT2D eigenvalue weighted by atomic mass is 10.0. The molecule has 2 N–H and O–H groups in total. The Hall–Kier alpha value is -2.95. The normalized spacial score (nSPS) is 22.4. The molecule has 184 valence electrons. The first kappa shape index (κ1) is 23.8. The van der Waals surface area contributed by atoms with Crippen LogP contribution in [-0.4, -0.2) is 42.0 Å². The van der Waals surface area contributed by atoms with Crippen molar-refractivity contribution in [1.82, 2.24) is 14.9 Å². The molecule has 2 aromatic heterocycles. The number of rotatable bonds is 7. The van der Waals surface area contributed by atoms with Gasteiger partial charge in [-0.3, -0.25) is 9.71 Å². The topological polar surface area (TPSA) is 88.5 Å². The van der Waals surface area contributed by atoms with Crippen LogP contribution in [0.15, 0.2) is 60.9 Å². The average Bonchev–Trinajstić information content (AvgIpc) is 3.56. The van der Waals surface area contributed by atoms with Gasteiger partial charge in [0.05, 0.1) is 29.8 Å². The van der Waals surface area contributed by atoms with Crippen LogP contribution < -0.4 is 14.9 Å². The molecule has 0 spiro atoms. The van der Waals surface area contributed by atoms with Gasteiger partial charge < -0.3 is 19.5 Å². The molecule has 0 unspecified atom stereocenters. The Morgan fingerprint density at radius 2 is 2.09 bits per heavy atom. The van der Waals surface area contributed by atoms with Crippen LogP contribution in [0.3, 0.4) is 0 Å². The van der Waals surface area contributed by atoms with E-state index in [2.05, 4.69) is 42.8 Å². The highest BCUT2D eigenvalue weighted by molar-refractivity contribution is 7.92. The van der Waals surface area contributed by atoms with Gasteiger partial charge in [-0.25, -0.2) is 8.42 Å². The third-order valence-electron chi connectivity index (χ3n) is 6.47. The van der Waals surface area contributed by atoms with E-state index in [0.717, 1.165) is 54.9 Å². The number of nitrogens with one attached hydrogen (secondary N) is 2. The van der Waals surface area contributed by atoms with E-state index in [-0.39, 0.29) is 18.2 Å². The highest BCUT2D eigenvalue weighted by Crippen LogP contribution is 2.42. The van der Waals surface area contributed by atoms with Crippen molar-refractivity contribution in [1.29, 1.82) is 0 Å². The van der Waals surface area contributed by atoms with Crippen molar-refractivity contribution in [2.24, 2.45) is 0 Å². The van der Waals surface area contributed by atoms with Gasteiger partial charge in [-0.05, 0) is 80.0 Å². The largest absolute Gasteiger partial charge is 0.376 e. The number of sulfonamides is 1. The zero-order chi connectivity index (χ0) is 24.6. The van der Waals surface area contributed by atoms with Crippen LogP contribution in [0.4, 0.5) is 11.4 Å². The van der Waals surface area contributed by atoms with E-state index in [1.807, 2.05) is 37.3 Å². The summed E-state index contributed by atoms with van der Waals surface area (Å²) < 4.78 is 34.3. The van der Waals surface area contributed by atoms with Crippen molar-refractivity contribution in [2.45, 2.75) is 44.5 Å². The van der Waals surface area contributed by atoms with Crippen LogP contribution in [0.2, 0.25) is 0 Å². The van der Waals surface area contributed by atoms with Gasteiger partial charge in [-0.2, -0.15) is 0 Å². The van der Waals surface area contributed by atoms with E-state index in [9.17, 15) is 8.42 Å². The molecule has 10 heteroatoms. The molecule has 2 aliphatic heterocycles. The summed E-state index contributed by atoms with van der Waals surface area (Å²) in [5, 5.41) is 4.09. The first-order valence-electron chi connectivity index (χ1n) is 11.7. The number of aryl methyl sites for hydroxylation is 1. The van der Waals surface area contributed by atoms with E-state index in [1.54, 1.807) is 12.3 Å². The Morgan fingerprint density at radius 1 is 1.23 bits per heavy atom. The summed E-state index contributed by atoms with van der Waals surface area (Å²) in [5.74, 6) is 0. The van der Waals surface area contributed by atoms with E-state index in [0.29, 0.717) is 10.8 Å². The molecule has 35 heavy (non-hydrogen) atoms. The van der Waals surface area contributed by atoms with Crippen LogP contribution in [0.5, 0.6) is 0 Å². The highest BCUT2D eigenvalue weighted by Gasteiger charge is 2.42. The Kier molecular flexibility index (Phi) is 6.52. The standard InChI is InChI=1S/C25H29N5O3S2/c1-17-15-18(10-11-20(17)28-35(2,31)32)30-24(23(27-25(30)34)21-8-3-4-12-26-21)22-9-5-13-29(22)16-19-7-6-14-33-19/h3-5,8-13,15,19,23-24,28H,6-7,14,16H2,1-2H3,(H,27,34)/t19-,23-,24+/m1/s1. The molecular weight excluding hydrogens is 482 g/mol. The number of thiocarbonyl (C=S) groups is 1. The fraction of sp³-hybridized carbons (Fsp3) is 0.360. The molecule has 0 bridgehead atoms. The number of aromatic nitrogens is 2. The maximum Gasteiger partial charge on any atom is 0.229 e. The third kappa shape index (κ3) is 5.05. The molecule has 8 nitrogen and oxygen atoms in total. The van der Waals surface area contributed by atoms with Crippen molar-refractivity contribution in [3.63, 3.8) is 0 Å². The second-order valence-corrected chi connectivity index (χ2v) is 11.2. The third-order valence-corrected chi connectivity index (χ3v) is 7.38. The van der Waals surface area contributed by atoms with Crippen LogP contribution in [0, 0.1) is 6.92 Å². The summed E-state index contributed by atoms with van der Waals surface area (Å²) >= 11 is 5.84. The number of ether oxygens (including phenoxy) is 1. The van der Waals surface area contributed by atoms with Crippen molar-refractivity contribution in [2.75, 3.05) is 22.5 Å². The molecule has 2 aliphatic rings. The molecule has 0 radical (unpaired) electrons. The molecule has 1 aromatic carbocycles. The number of hydrogen-bond acceptors (Lipinski definition) is 5. The number of benzene rings is 1. The summed E-state index contributed by atoms with van der Waals surface area (Å²) in [6.45, 7) is 3.48. The van der Waals surface area contributed by atoms with Crippen LogP contribution in [-0.2, 0) is 21.3 Å². The van der Waals surface area contributed by atoms with Crippen molar-refractivity contribution >= 4 is 38.7 Å². The minimum atomic E-state index is -3.38. The number of anilines is 2. The summed E-state index contributed by atoms with van der Waals surface area (Å²) in [5.41, 5.74) is 4.26.